The number of urea groups is 1. The standard InChI is InChI=1S/C30H31N3O4/c1-18(2)19-6-10-25(11-7-19)32-30(37)33-17-23-15-26(23)27(33)16-28(34)31-24-12-8-20(9-13-24)21-4-3-5-22(14-21)29(35)36/h3-14,18,23,26-27H,15-17H2,1-2H3,(H,31,34)(H,32,37)(H,35,36)/t23-,26-,27-/m0/s1. The molecule has 2 aliphatic rings. The van der Waals surface area contributed by atoms with Crippen molar-refractivity contribution in [1.82, 2.24) is 4.90 Å². The van der Waals surface area contributed by atoms with E-state index in [1.54, 1.807) is 30.3 Å². The Bertz CT molecular complexity index is 1320. The third kappa shape index (κ3) is 5.50. The molecule has 1 aliphatic carbocycles. The second-order valence-corrected chi connectivity index (χ2v) is 10.3. The number of anilines is 2. The molecule has 0 unspecified atom stereocenters. The Morgan fingerprint density at radius 3 is 2.27 bits per heavy atom. The van der Waals surface area contributed by atoms with Gasteiger partial charge in [0.05, 0.1) is 5.56 Å². The maximum Gasteiger partial charge on any atom is 0.335 e. The zero-order chi connectivity index (χ0) is 26.1. The quantitative estimate of drug-likeness (QED) is 0.370. The minimum Gasteiger partial charge on any atom is -0.478 e. The Hall–Kier alpha value is -4.13. The summed E-state index contributed by atoms with van der Waals surface area (Å²) in [6.07, 6.45) is 1.32. The molecule has 2 fully saturated rings. The molecule has 190 valence electrons. The van der Waals surface area contributed by atoms with E-state index in [1.165, 1.54) is 5.56 Å². The van der Waals surface area contributed by atoms with Gasteiger partial charge < -0.3 is 20.6 Å². The summed E-state index contributed by atoms with van der Waals surface area (Å²) in [5.41, 5.74) is 4.52. The van der Waals surface area contributed by atoms with Gasteiger partial charge in [0.15, 0.2) is 0 Å². The highest BCUT2D eigenvalue weighted by Crippen LogP contribution is 2.50. The molecular formula is C30H31N3O4. The Labute approximate surface area is 216 Å². The van der Waals surface area contributed by atoms with E-state index in [1.807, 2.05) is 47.4 Å². The molecule has 0 radical (unpaired) electrons. The molecule has 0 bridgehead atoms. The predicted molar refractivity (Wildman–Crippen MR) is 144 cm³/mol. The lowest BCUT2D eigenvalue weighted by atomic mass is 10.0. The zero-order valence-corrected chi connectivity index (χ0v) is 21.0. The largest absolute Gasteiger partial charge is 0.478 e. The smallest absolute Gasteiger partial charge is 0.335 e. The number of likely N-dealkylation sites (tertiary alicyclic amines) is 1. The van der Waals surface area contributed by atoms with Gasteiger partial charge >= 0.3 is 12.0 Å². The van der Waals surface area contributed by atoms with E-state index in [2.05, 4.69) is 24.5 Å². The van der Waals surface area contributed by atoms with Crippen LogP contribution in [0.4, 0.5) is 16.2 Å². The van der Waals surface area contributed by atoms with Crippen LogP contribution in [0.2, 0.25) is 0 Å². The number of nitrogens with zero attached hydrogens (tertiary/aromatic N) is 1. The molecule has 5 rings (SSSR count). The lowest BCUT2D eigenvalue weighted by molar-refractivity contribution is -0.117. The van der Waals surface area contributed by atoms with Crippen molar-refractivity contribution < 1.29 is 19.5 Å². The van der Waals surface area contributed by atoms with E-state index in [4.69, 9.17) is 0 Å². The van der Waals surface area contributed by atoms with Crippen LogP contribution in [0, 0.1) is 11.8 Å². The number of carbonyl (C=O) groups excluding carboxylic acids is 2. The number of fused-ring (bicyclic) bond motifs is 1. The number of carbonyl (C=O) groups is 3. The second-order valence-electron chi connectivity index (χ2n) is 10.3. The van der Waals surface area contributed by atoms with Gasteiger partial charge in [0, 0.05) is 30.4 Å². The summed E-state index contributed by atoms with van der Waals surface area (Å²) in [5, 5.41) is 15.2. The first-order valence-electron chi connectivity index (χ1n) is 12.7. The highest BCUT2D eigenvalue weighted by atomic mass is 16.4. The van der Waals surface area contributed by atoms with Crippen LogP contribution in [0.5, 0.6) is 0 Å². The molecule has 37 heavy (non-hydrogen) atoms. The summed E-state index contributed by atoms with van der Waals surface area (Å²) >= 11 is 0. The number of benzene rings is 3. The van der Waals surface area contributed by atoms with Crippen LogP contribution in [-0.4, -0.2) is 40.5 Å². The molecule has 0 spiro atoms. The summed E-state index contributed by atoms with van der Waals surface area (Å²) in [4.78, 5) is 39.0. The molecule has 1 saturated heterocycles. The molecule has 3 amide bonds. The lowest BCUT2D eigenvalue weighted by Gasteiger charge is -2.27. The van der Waals surface area contributed by atoms with Crippen molar-refractivity contribution in [2.45, 2.75) is 38.6 Å². The number of hydrogen-bond donors (Lipinski definition) is 3. The Morgan fingerprint density at radius 1 is 0.919 bits per heavy atom. The van der Waals surface area contributed by atoms with E-state index in [-0.39, 0.29) is 30.0 Å². The van der Waals surface area contributed by atoms with E-state index in [9.17, 15) is 19.5 Å². The number of nitrogens with one attached hydrogen (secondary N) is 2. The van der Waals surface area contributed by atoms with Gasteiger partial charge in [-0.15, -0.1) is 0 Å². The van der Waals surface area contributed by atoms with Gasteiger partial charge in [-0.3, -0.25) is 4.79 Å². The average Bonchev–Trinajstić information content (AvgIpc) is 3.58. The highest BCUT2D eigenvalue weighted by molar-refractivity contribution is 5.94. The van der Waals surface area contributed by atoms with Crippen LogP contribution in [0.3, 0.4) is 0 Å². The highest BCUT2D eigenvalue weighted by Gasteiger charge is 2.54. The van der Waals surface area contributed by atoms with Crippen molar-refractivity contribution >= 4 is 29.3 Å². The van der Waals surface area contributed by atoms with Crippen LogP contribution in [0.25, 0.3) is 11.1 Å². The van der Waals surface area contributed by atoms with Crippen molar-refractivity contribution in [1.29, 1.82) is 0 Å². The van der Waals surface area contributed by atoms with Gasteiger partial charge in [-0.2, -0.15) is 0 Å². The fourth-order valence-corrected chi connectivity index (χ4v) is 5.19. The SMILES string of the molecule is CC(C)c1ccc(NC(=O)N2C[C@@H]3C[C@@H]3[C@@H]2CC(=O)Nc2ccc(-c3cccc(C(=O)O)c3)cc2)cc1. The minimum atomic E-state index is -0.970. The predicted octanol–water partition coefficient (Wildman–Crippen LogP) is 6.06. The number of rotatable bonds is 7. The third-order valence-corrected chi connectivity index (χ3v) is 7.40. The molecule has 0 aromatic heterocycles. The number of piperidine rings is 1. The Morgan fingerprint density at radius 2 is 1.59 bits per heavy atom. The Balaban J connectivity index is 1.19. The molecule has 3 aromatic rings. The second kappa shape index (κ2) is 10.1. The van der Waals surface area contributed by atoms with E-state index >= 15 is 0 Å². The van der Waals surface area contributed by atoms with Crippen LogP contribution in [0.1, 0.15) is 48.5 Å². The molecule has 1 heterocycles. The first kappa shape index (κ1) is 24.6. The first-order valence-corrected chi connectivity index (χ1v) is 12.7. The summed E-state index contributed by atoms with van der Waals surface area (Å²) in [6.45, 7) is 4.95. The minimum absolute atomic E-state index is 0.113. The number of aromatic carboxylic acids is 1. The summed E-state index contributed by atoms with van der Waals surface area (Å²) in [5.74, 6) is 0.189. The summed E-state index contributed by atoms with van der Waals surface area (Å²) in [6, 6.07) is 21.7. The van der Waals surface area contributed by atoms with E-state index in [0.717, 1.165) is 23.2 Å². The maximum atomic E-state index is 13.0. The fourth-order valence-electron chi connectivity index (χ4n) is 5.19. The molecule has 7 heteroatoms. The van der Waals surface area contributed by atoms with Crippen LogP contribution in [0.15, 0.2) is 72.8 Å². The van der Waals surface area contributed by atoms with Gasteiger partial charge in [0.2, 0.25) is 5.91 Å². The maximum absolute atomic E-state index is 13.0. The molecule has 3 N–H and O–H groups in total. The average molecular weight is 498 g/mol. The van der Waals surface area contributed by atoms with Crippen LogP contribution in [-0.2, 0) is 4.79 Å². The van der Waals surface area contributed by atoms with Crippen molar-refractivity contribution in [3.8, 4) is 11.1 Å². The third-order valence-electron chi connectivity index (χ3n) is 7.40. The summed E-state index contributed by atoms with van der Waals surface area (Å²) < 4.78 is 0. The van der Waals surface area contributed by atoms with Crippen LogP contribution < -0.4 is 10.6 Å². The molecule has 3 atom stereocenters. The van der Waals surface area contributed by atoms with Gasteiger partial charge in [-0.1, -0.05) is 50.2 Å². The first-order chi connectivity index (χ1) is 17.8. The molecule has 7 nitrogen and oxygen atoms in total. The van der Waals surface area contributed by atoms with Gasteiger partial charge in [-0.25, -0.2) is 9.59 Å². The van der Waals surface area contributed by atoms with Crippen molar-refractivity contribution in [2.75, 3.05) is 17.2 Å². The topological polar surface area (TPSA) is 98.7 Å². The van der Waals surface area contributed by atoms with Crippen molar-refractivity contribution in [3.05, 3.63) is 83.9 Å². The monoisotopic (exact) mass is 497 g/mol. The molecule has 1 aliphatic heterocycles. The van der Waals surface area contributed by atoms with Crippen molar-refractivity contribution in [3.63, 3.8) is 0 Å². The molecule has 3 aromatic carbocycles. The lowest BCUT2D eigenvalue weighted by Crippen LogP contribution is -2.42. The van der Waals surface area contributed by atoms with E-state index in [0.29, 0.717) is 30.0 Å². The number of hydrogen-bond acceptors (Lipinski definition) is 3. The van der Waals surface area contributed by atoms with Gasteiger partial charge in [0.1, 0.15) is 0 Å². The van der Waals surface area contributed by atoms with E-state index < -0.39 is 5.97 Å². The number of carboxylic acid groups (broad SMARTS) is 1. The Kier molecular flexibility index (Phi) is 6.70. The van der Waals surface area contributed by atoms with Gasteiger partial charge in [0.25, 0.3) is 0 Å². The van der Waals surface area contributed by atoms with Crippen LogP contribution >= 0.6 is 0 Å². The normalized spacial score (nSPS) is 19.9. The summed E-state index contributed by atoms with van der Waals surface area (Å²) in [7, 11) is 0. The zero-order valence-electron chi connectivity index (χ0n) is 21.0. The number of amides is 3. The number of carboxylic acids is 1. The van der Waals surface area contributed by atoms with Crippen molar-refractivity contribution in [2.24, 2.45) is 11.8 Å². The molecular weight excluding hydrogens is 466 g/mol. The van der Waals surface area contributed by atoms with Gasteiger partial charge in [-0.05, 0) is 77.3 Å². The molecule has 1 saturated carbocycles. The fraction of sp³-hybridized carbons (Fsp3) is 0.300.